The summed E-state index contributed by atoms with van der Waals surface area (Å²) in [7, 11) is 0. The molecule has 3 aromatic rings. The maximum atomic E-state index is 14.7. The lowest BCUT2D eigenvalue weighted by Crippen LogP contribution is -2.41. The monoisotopic (exact) mass is 452 g/mol. The van der Waals surface area contributed by atoms with Crippen molar-refractivity contribution in [1.29, 1.82) is 0 Å². The maximum Gasteiger partial charge on any atom is 0.176 e. The number of aromatic nitrogens is 5. The van der Waals surface area contributed by atoms with Crippen molar-refractivity contribution in [1.82, 2.24) is 23.5 Å². The molecule has 0 unspecified atom stereocenters. The quantitative estimate of drug-likeness (QED) is 0.550. The fourth-order valence-corrected chi connectivity index (χ4v) is 5.47. The van der Waals surface area contributed by atoms with Crippen molar-refractivity contribution in [2.24, 2.45) is 0 Å². The second kappa shape index (κ2) is 8.94. The van der Waals surface area contributed by atoms with Gasteiger partial charge in [-0.3, -0.25) is 0 Å². The van der Waals surface area contributed by atoms with Gasteiger partial charge in [0.15, 0.2) is 10.8 Å². The molecule has 0 saturated carbocycles. The summed E-state index contributed by atoms with van der Waals surface area (Å²) < 4.78 is 38.5. The van der Waals surface area contributed by atoms with Crippen LogP contribution in [0.1, 0.15) is 31.7 Å². The first-order valence-electron chi connectivity index (χ1n) is 9.72. The van der Waals surface area contributed by atoms with Gasteiger partial charge in [0.1, 0.15) is 29.9 Å². The Morgan fingerprint density at radius 1 is 1.23 bits per heavy atom. The van der Waals surface area contributed by atoms with E-state index in [9.17, 15) is 13.9 Å². The fraction of sp³-hybridized carbons (Fsp3) is 0.474. The lowest BCUT2D eigenvalue weighted by molar-refractivity contribution is 0.0133. The largest absolute Gasteiger partial charge is 0.382 e. The third kappa shape index (κ3) is 4.33. The van der Waals surface area contributed by atoms with Crippen LogP contribution < -0.4 is 4.90 Å². The van der Waals surface area contributed by atoms with Gasteiger partial charge >= 0.3 is 0 Å². The van der Waals surface area contributed by atoms with Crippen LogP contribution >= 0.6 is 23.5 Å². The second-order valence-electron chi connectivity index (χ2n) is 7.34. The van der Waals surface area contributed by atoms with Crippen molar-refractivity contribution in [2.75, 3.05) is 18.0 Å². The highest BCUT2D eigenvalue weighted by Gasteiger charge is 2.40. The molecule has 2 atom stereocenters. The van der Waals surface area contributed by atoms with Gasteiger partial charge in [0.25, 0.3) is 0 Å². The number of hydrogen-bond acceptors (Lipinski definition) is 8. The summed E-state index contributed by atoms with van der Waals surface area (Å²) in [6, 6.07) is 3.21. The van der Waals surface area contributed by atoms with E-state index >= 15 is 0 Å². The molecule has 3 heterocycles. The topological polar surface area (TPSA) is 80.0 Å². The Balaban J connectivity index is 1.65. The normalized spacial score (nSPS) is 17.7. The van der Waals surface area contributed by atoms with Gasteiger partial charge in [0.05, 0.1) is 18.3 Å². The number of rotatable bonds is 7. The number of thioether (sulfide) groups is 1. The molecule has 160 valence electrons. The molecule has 1 saturated heterocycles. The number of hydrogen-bond donors (Lipinski definition) is 1. The molecule has 11 heteroatoms. The number of anilines is 1. The van der Waals surface area contributed by atoms with Crippen molar-refractivity contribution in [3.63, 3.8) is 0 Å². The Labute approximate surface area is 181 Å². The van der Waals surface area contributed by atoms with Crippen LogP contribution in [-0.2, 0) is 12.1 Å². The first-order valence-corrected chi connectivity index (χ1v) is 11.3. The van der Waals surface area contributed by atoms with Crippen LogP contribution in [0.25, 0.3) is 0 Å². The predicted molar refractivity (Wildman–Crippen MR) is 112 cm³/mol. The second-order valence-corrected chi connectivity index (χ2v) is 9.20. The minimum absolute atomic E-state index is 0.00195. The van der Waals surface area contributed by atoms with E-state index in [2.05, 4.69) is 23.7 Å². The summed E-state index contributed by atoms with van der Waals surface area (Å²) in [5, 5.41) is 15.9. The molecule has 1 aliphatic rings. The van der Waals surface area contributed by atoms with Crippen molar-refractivity contribution in [2.45, 2.75) is 48.6 Å². The predicted octanol–water partition coefficient (Wildman–Crippen LogP) is 3.47. The summed E-state index contributed by atoms with van der Waals surface area (Å²) in [5.74, 6) is -0.701. The summed E-state index contributed by atoms with van der Waals surface area (Å²) >= 11 is 2.45. The number of piperidine rings is 1. The molecule has 30 heavy (non-hydrogen) atoms. The number of benzene rings is 1. The molecule has 0 radical (unpaired) electrons. The van der Waals surface area contributed by atoms with Crippen LogP contribution in [0.3, 0.4) is 0 Å². The van der Waals surface area contributed by atoms with Gasteiger partial charge in [0, 0.05) is 30.0 Å². The Kier molecular flexibility index (Phi) is 6.30. The highest BCUT2D eigenvalue weighted by molar-refractivity contribution is 8.00. The first-order chi connectivity index (χ1) is 14.5. The van der Waals surface area contributed by atoms with E-state index < -0.39 is 22.5 Å². The zero-order chi connectivity index (χ0) is 21.1. The number of halogens is 2. The molecular weight excluding hydrogens is 430 g/mol. The highest BCUT2D eigenvalue weighted by Crippen LogP contribution is 2.41. The minimum Gasteiger partial charge on any atom is -0.382 e. The molecule has 1 N–H and O–H groups in total. The van der Waals surface area contributed by atoms with E-state index in [4.69, 9.17) is 0 Å². The molecular formula is C19H22F2N6OS2. The van der Waals surface area contributed by atoms with Crippen LogP contribution in [0.4, 0.5) is 14.6 Å². The lowest BCUT2D eigenvalue weighted by atomic mass is 9.90. The van der Waals surface area contributed by atoms with Gasteiger partial charge < -0.3 is 10.0 Å². The van der Waals surface area contributed by atoms with Crippen LogP contribution in [0.15, 0.2) is 35.9 Å². The van der Waals surface area contributed by atoms with E-state index in [0.717, 1.165) is 55.6 Å². The van der Waals surface area contributed by atoms with Crippen molar-refractivity contribution < 1.29 is 13.9 Å². The average Bonchev–Trinajstić information content (AvgIpc) is 3.40. The molecule has 0 spiro atoms. The highest BCUT2D eigenvalue weighted by atomic mass is 32.2. The third-order valence-corrected chi connectivity index (χ3v) is 7.20. The van der Waals surface area contributed by atoms with Crippen LogP contribution in [0.2, 0.25) is 0 Å². The molecule has 1 aliphatic heterocycles. The van der Waals surface area contributed by atoms with Gasteiger partial charge in [-0.2, -0.15) is 13.8 Å². The van der Waals surface area contributed by atoms with Gasteiger partial charge in [-0.1, -0.05) is 17.8 Å². The number of aliphatic hydroxyl groups is 1. The SMILES string of the molecule is C[C@@H](Sc1nsnc1N1CCCCC1)[C@](O)(Cn1cncn1)c1ccc(F)cc1F. The zero-order valence-electron chi connectivity index (χ0n) is 16.4. The Bertz CT molecular complexity index is 979. The van der Waals surface area contributed by atoms with Crippen LogP contribution in [-0.4, -0.2) is 47.0 Å². The first kappa shape index (κ1) is 21.1. The van der Waals surface area contributed by atoms with E-state index in [0.29, 0.717) is 5.03 Å². The number of nitrogens with zero attached hydrogens (tertiary/aromatic N) is 6. The average molecular weight is 453 g/mol. The van der Waals surface area contributed by atoms with E-state index in [1.54, 1.807) is 6.92 Å². The summed E-state index contributed by atoms with van der Waals surface area (Å²) in [6.45, 7) is 3.59. The molecule has 0 bridgehead atoms. The fourth-order valence-electron chi connectivity index (χ4n) is 3.65. The third-order valence-electron chi connectivity index (χ3n) is 5.33. The zero-order valence-corrected chi connectivity index (χ0v) is 18.0. The summed E-state index contributed by atoms with van der Waals surface area (Å²) in [4.78, 5) is 6.11. The Hall–Kier alpha value is -2.11. The smallest absolute Gasteiger partial charge is 0.176 e. The van der Waals surface area contributed by atoms with E-state index in [1.165, 1.54) is 41.6 Å². The molecule has 4 rings (SSSR count). The molecule has 1 fully saturated rings. The van der Waals surface area contributed by atoms with Crippen molar-refractivity contribution in [3.05, 3.63) is 48.1 Å². The molecule has 0 amide bonds. The Morgan fingerprint density at radius 2 is 2.03 bits per heavy atom. The summed E-state index contributed by atoms with van der Waals surface area (Å²) in [6.07, 6.45) is 6.21. The van der Waals surface area contributed by atoms with Gasteiger partial charge in [0.2, 0.25) is 0 Å². The van der Waals surface area contributed by atoms with Crippen molar-refractivity contribution in [3.8, 4) is 0 Å². The van der Waals surface area contributed by atoms with Gasteiger partial charge in [-0.15, -0.1) is 0 Å². The van der Waals surface area contributed by atoms with Gasteiger partial charge in [-0.05, 0) is 32.3 Å². The van der Waals surface area contributed by atoms with E-state index in [-0.39, 0.29) is 12.1 Å². The lowest BCUT2D eigenvalue weighted by Gasteiger charge is -2.34. The standard InChI is InChI=1S/C19H22F2N6OS2/c1-13(29-18-17(24-30-25-18)26-7-3-2-4-8-26)19(28,10-27-12-22-11-23-27)15-6-5-14(20)9-16(15)21/h5-6,9,11-13,28H,2-4,7-8,10H2,1H3/t13-,19-/m1/s1. The van der Waals surface area contributed by atoms with Crippen LogP contribution in [0, 0.1) is 11.6 Å². The Morgan fingerprint density at radius 3 is 2.73 bits per heavy atom. The molecule has 0 aliphatic carbocycles. The molecule has 7 nitrogen and oxygen atoms in total. The van der Waals surface area contributed by atoms with Crippen LogP contribution in [0.5, 0.6) is 0 Å². The molecule has 2 aromatic heterocycles. The van der Waals surface area contributed by atoms with E-state index in [1.807, 2.05) is 0 Å². The summed E-state index contributed by atoms with van der Waals surface area (Å²) in [5.41, 5.74) is -1.68. The minimum atomic E-state index is -1.68. The van der Waals surface area contributed by atoms with Gasteiger partial charge in [-0.25, -0.2) is 18.4 Å². The van der Waals surface area contributed by atoms with Crippen molar-refractivity contribution >= 4 is 29.3 Å². The maximum absolute atomic E-state index is 14.7. The molecule has 1 aromatic carbocycles.